The summed E-state index contributed by atoms with van der Waals surface area (Å²) in [6.45, 7) is 4.82. The molecule has 3 N–H and O–H groups in total. The predicted molar refractivity (Wildman–Crippen MR) is 154 cm³/mol. The highest BCUT2D eigenvalue weighted by Gasteiger charge is 2.33. The molecule has 3 rings (SSSR count). The molecule has 1 aromatic carbocycles. The van der Waals surface area contributed by atoms with Crippen LogP contribution in [0.15, 0.2) is 47.3 Å². The van der Waals surface area contributed by atoms with Gasteiger partial charge in [-0.3, -0.25) is 28.8 Å². The Kier molecular flexibility index (Phi) is 10.9. The van der Waals surface area contributed by atoms with Crippen LogP contribution in [0.5, 0.6) is 0 Å². The maximum absolute atomic E-state index is 13.5. The largest absolute Gasteiger partial charge is 0.353 e. The average molecular weight is 582 g/mol. The van der Waals surface area contributed by atoms with Crippen molar-refractivity contribution in [3.63, 3.8) is 0 Å². The number of hydrogen-bond donors (Lipinski definition) is 3. The molecule has 2 heterocycles. The molecule has 13 nitrogen and oxygen atoms in total. The van der Waals surface area contributed by atoms with Crippen LogP contribution in [0.4, 0.5) is 0 Å². The van der Waals surface area contributed by atoms with Crippen molar-refractivity contribution >= 4 is 29.5 Å². The first kappa shape index (κ1) is 32.0. The van der Waals surface area contributed by atoms with Gasteiger partial charge in [0.1, 0.15) is 23.8 Å². The molecule has 0 bridgehead atoms. The molecular formula is C29H39N7O6. The second kappa shape index (κ2) is 14.4. The lowest BCUT2D eigenvalue weighted by Crippen LogP contribution is -2.57. The minimum absolute atomic E-state index is 0.0310. The van der Waals surface area contributed by atoms with E-state index in [9.17, 15) is 28.8 Å². The molecule has 3 atom stereocenters. The van der Waals surface area contributed by atoms with Gasteiger partial charge in [0, 0.05) is 39.7 Å². The Labute approximate surface area is 244 Å². The van der Waals surface area contributed by atoms with Gasteiger partial charge in [-0.25, -0.2) is 4.68 Å². The average Bonchev–Trinajstić information content (AvgIpc) is 2.95. The lowest BCUT2D eigenvalue weighted by molar-refractivity contribution is -0.142. The van der Waals surface area contributed by atoms with E-state index in [-0.39, 0.29) is 31.1 Å². The van der Waals surface area contributed by atoms with E-state index in [0.29, 0.717) is 6.42 Å². The molecule has 0 unspecified atom stereocenters. The van der Waals surface area contributed by atoms with E-state index in [1.807, 2.05) is 44.2 Å². The Morgan fingerprint density at radius 3 is 2.29 bits per heavy atom. The van der Waals surface area contributed by atoms with Gasteiger partial charge >= 0.3 is 0 Å². The first-order valence-electron chi connectivity index (χ1n) is 13.9. The minimum atomic E-state index is -0.961. The summed E-state index contributed by atoms with van der Waals surface area (Å²) in [6.07, 6.45) is 0.500. The number of aryl methyl sites for hydroxylation is 1. The Hall–Kier alpha value is -4.55. The van der Waals surface area contributed by atoms with Gasteiger partial charge in [0.05, 0.1) is 6.54 Å². The van der Waals surface area contributed by atoms with Crippen LogP contribution in [-0.4, -0.2) is 93.9 Å². The number of carbonyl (C=O) groups excluding carboxylic acids is 5. The number of carbonyl (C=O) groups is 5. The summed E-state index contributed by atoms with van der Waals surface area (Å²) in [7, 11) is 2.87. The van der Waals surface area contributed by atoms with Crippen LogP contribution < -0.4 is 21.5 Å². The van der Waals surface area contributed by atoms with Crippen LogP contribution in [0.25, 0.3) is 0 Å². The van der Waals surface area contributed by atoms with E-state index in [0.717, 1.165) is 10.2 Å². The first-order chi connectivity index (χ1) is 19.9. The number of likely N-dealkylation sites (N-methyl/N-ethyl adjacent to an activating group) is 1. The third kappa shape index (κ3) is 8.48. The van der Waals surface area contributed by atoms with Crippen LogP contribution in [-0.2, 0) is 32.6 Å². The molecule has 226 valence electrons. The number of hydrogen-bond acceptors (Lipinski definition) is 7. The zero-order chi connectivity index (χ0) is 31.0. The minimum Gasteiger partial charge on any atom is -0.353 e. The van der Waals surface area contributed by atoms with E-state index in [1.165, 1.54) is 36.0 Å². The third-order valence-corrected chi connectivity index (χ3v) is 7.05. The molecule has 1 aromatic heterocycles. The van der Waals surface area contributed by atoms with Crippen molar-refractivity contribution in [2.24, 2.45) is 13.0 Å². The van der Waals surface area contributed by atoms with Crippen LogP contribution in [0.2, 0.25) is 0 Å². The van der Waals surface area contributed by atoms with Gasteiger partial charge < -0.3 is 25.8 Å². The smallest absolute Gasteiger partial charge is 0.274 e. The van der Waals surface area contributed by atoms with Gasteiger partial charge in [-0.2, -0.15) is 5.10 Å². The molecule has 42 heavy (non-hydrogen) atoms. The quantitative estimate of drug-likeness (QED) is 0.427. The molecule has 2 aromatic rings. The van der Waals surface area contributed by atoms with Gasteiger partial charge in [-0.15, -0.1) is 0 Å². The van der Waals surface area contributed by atoms with Crippen LogP contribution in [0.1, 0.15) is 43.2 Å². The Morgan fingerprint density at radius 1 is 0.952 bits per heavy atom. The van der Waals surface area contributed by atoms with Crippen molar-refractivity contribution in [2.75, 3.05) is 26.7 Å². The van der Waals surface area contributed by atoms with E-state index in [2.05, 4.69) is 21.0 Å². The lowest BCUT2D eigenvalue weighted by atomic mass is 10.0. The second-order valence-electron chi connectivity index (χ2n) is 10.8. The highest BCUT2D eigenvalue weighted by molar-refractivity contribution is 5.97. The summed E-state index contributed by atoms with van der Waals surface area (Å²) < 4.78 is 1.01. The number of aromatic nitrogens is 2. The van der Waals surface area contributed by atoms with Gasteiger partial charge in [0.15, 0.2) is 0 Å². The van der Waals surface area contributed by atoms with Crippen molar-refractivity contribution in [2.45, 2.75) is 51.7 Å². The van der Waals surface area contributed by atoms with Gasteiger partial charge in [0.2, 0.25) is 23.6 Å². The van der Waals surface area contributed by atoms with Crippen LogP contribution in [0.3, 0.4) is 0 Å². The molecule has 0 spiro atoms. The number of benzene rings is 1. The SMILES string of the molecule is CC(C)C[C@@H]1NC(=O)CN(C(=O)c2ccc(=O)n(C)n2)CCNC(=O)[C@H](Cc2ccccc2)NC(=O)[C@H](C)N(C)C1=O. The molecule has 1 fully saturated rings. The summed E-state index contributed by atoms with van der Waals surface area (Å²) in [5.41, 5.74) is 0.345. The Bertz CT molecular complexity index is 1360. The lowest BCUT2D eigenvalue weighted by Gasteiger charge is -2.30. The fourth-order valence-electron chi connectivity index (χ4n) is 4.54. The number of nitrogens with one attached hydrogen (secondary N) is 3. The molecule has 0 saturated carbocycles. The second-order valence-corrected chi connectivity index (χ2v) is 10.8. The van der Waals surface area contributed by atoms with Crippen molar-refractivity contribution in [1.82, 2.24) is 35.5 Å². The van der Waals surface area contributed by atoms with Crippen molar-refractivity contribution in [1.29, 1.82) is 0 Å². The maximum atomic E-state index is 13.5. The predicted octanol–water partition coefficient (Wildman–Crippen LogP) is -0.542. The highest BCUT2D eigenvalue weighted by atomic mass is 16.2. The monoisotopic (exact) mass is 581 g/mol. The zero-order valence-corrected chi connectivity index (χ0v) is 24.6. The molecule has 13 heteroatoms. The van der Waals surface area contributed by atoms with Crippen molar-refractivity contribution < 1.29 is 24.0 Å². The van der Waals surface area contributed by atoms with Crippen LogP contribution >= 0.6 is 0 Å². The molecular weight excluding hydrogens is 542 g/mol. The normalized spacial score (nSPS) is 21.2. The van der Waals surface area contributed by atoms with E-state index >= 15 is 0 Å². The molecule has 1 saturated heterocycles. The summed E-state index contributed by atoms with van der Waals surface area (Å²) >= 11 is 0. The zero-order valence-electron chi connectivity index (χ0n) is 24.6. The third-order valence-electron chi connectivity index (χ3n) is 7.05. The number of amides is 5. The Balaban J connectivity index is 1.96. The van der Waals surface area contributed by atoms with Crippen molar-refractivity contribution in [3.05, 3.63) is 64.1 Å². The molecule has 0 aliphatic carbocycles. The van der Waals surface area contributed by atoms with E-state index in [4.69, 9.17) is 0 Å². The Morgan fingerprint density at radius 2 is 1.64 bits per heavy atom. The molecule has 1 aliphatic rings. The van der Waals surface area contributed by atoms with Gasteiger partial charge in [0.25, 0.3) is 11.5 Å². The molecule has 0 radical (unpaired) electrons. The fourth-order valence-corrected chi connectivity index (χ4v) is 4.54. The molecule has 5 amide bonds. The highest BCUT2D eigenvalue weighted by Crippen LogP contribution is 2.12. The summed E-state index contributed by atoms with van der Waals surface area (Å²) in [6, 6.07) is 8.78. The van der Waals surface area contributed by atoms with E-state index in [1.54, 1.807) is 6.92 Å². The summed E-state index contributed by atoms with van der Waals surface area (Å²) in [4.78, 5) is 80.8. The van der Waals surface area contributed by atoms with E-state index < -0.39 is 59.8 Å². The first-order valence-corrected chi connectivity index (χ1v) is 13.9. The topological polar surface area (TPSA) is 163 Å². The molecule has 1 aliphatic heterocycles. The van der Waals surface area contributed by atoms with Gasteiger partial charge in [-0.1, -0.05) is 44.2 Å². The summed E-state index contributed by atoms with van der Waals surface area (Å²) in [5.74, 6) is -2.69. The standard InChI is InChI=1S/C29H39N7O6/c1-18(2)15-23-28(41)34(4)19(3)26(39)32-22(16-20-9-7-6-8-10-20)27(40)30-13-14-36(17-24(37)31-23)29(42)21-11-12-25(38)35(5)33-21/h6-12,18-19,22-23H,13-17H2,1-5H3,(H,30,40)(H,31,37)(H,32,39)/t19-,22-,23-/m0/s1. The number of rotatable bonds is 5. The number of nitrogens with zero attached hydrogens (tertiary/aromatic N) is 4. The van der Waals surface area contributed by atoms with Gasteiger partial charge in [-0.05, 0) is 30.9 Å². The maximum Gasteiger partial charge on any atom is 0.274 e. The van der Waals surface area contributed by atoms with Crippen molar-refractivity contribution in [3.8, 4) is 0 Å². The van der Waals surface area contributed by atoms with Crippen LogP contribution in [0, 0.1) is 5.92 Å². The fraction of sp³-hybridized carbons (Fsp3) is 0.483. The summed E-state index contributed by atoms with van der Waals surface area (Å²) in [5, 5.41) is 12.2.